The Morgan fingerprint density at radius 3 is 2.50 bits per heavy atom. The first-order valence-corrected chi connectivity index (χ1v) is 10.1. The van der Waals surface area contributed by atoms with Gasteiger partial charge in [-0.1, -0.05) is 0 Å². The van der Waals surface area contributed by atoms with Gasteiger partial charge < -0.3 is 15.0 Å². The molecular weight excluding hydrogens is 441 g/mol. The molecule has 0 aromatic heterocycles. The van der Waals surface area contributed by atoms with Gasteiger partial charge in [-0.2, -0.15) is 0 Å². The highest BCUT2D eigenvalue weighted by atomic mass is 127. The van der Waals surface area contributed by atoms with Gasteiger partial charge in [0.2, 0.25) is 0 Å². The molecule has 2 fully saturated rings. The Morgan fingerprint density at radius 2 is 2.00 bits per heavy atom. The molecule has 142 valence electrons. The largest absolute Gasteiger partial charge is 0.385 e. The number of hydrogen-bond acceptors (Lipinski definition) is 4. The fourth-order valence-electron chi connectivity index (χ4n) is 2.98. The van der Waals surface area contributed by atoms with Crippen LogP contribution in [-0.4, -0.2) is 69.7 Å². The van der Waals surface area contributed by atoms with Crippen LogP contribution in [0.3, 0.4) is 0 Å². The summed E-state index contributed by atoms with van der Waals surface area (Å²) in [6, 6.07) is 0. The van der Waals surface area contributed by atoms with Gasteiger partial charge in [-0.25, -0.2) is 8.42 Å². The molecule has 1 heterocycles. The number of aliphatic imine (C=N–C) groups is 1. The first kappa shape index (κ1) is 22.0. The van der Waals surface area contributed by atoms with Crippen molar-refractivity contribution in [3.63, 3.8) is 0 Å². The molecule has 0 amide bonds. The first-order chi connectivity index (χ1) is 10.8. The van der Waals surface area contributed by atoms with Crippen LogP contribution in [0.4, 0.5) is 0 Å². The third kappa shape index (κ3) is 5.20. The van der Waals surface area contributed by atoms with Gasteiger partial charge in [-0.15, -0.1) is 24.0 Å². The standard InChI is InChI=1S/C16H31N3O3S.HI/c1-5-17-14(18-12-16(6-7-16)8-10-22-4)19-9-11-23(20,21)15(2,3)13-19;/h5-13H2,1-4H3,(H,17,18);1H. The zero-order chi connectivity index (χ0) is 17.1. The van der Waals surface area contributed by atoms with E-state index in [1.165, 1.54) is 12.8 Å². The van der Waals surface area contributed by atoms with Crippen LogP contribution in [0.1, 0.15) is 40.0 Å². The number of guanidine groups is 1. The van der Waals surface area contributed by atoms with Gasteiger partial charge in [0.05, 0.1) is 10.5 Å². The van der Waals surface area contributed by atoms with Gasteiger partial charge in [0.25, 0.3) is 0 Å². The minimum Gasteiger partial charge on any atom is -0.385 e. The summed E-state index contributed by atoms with van der Waals surface area (Å²) in [6.45, 7) is 9.02. The Bertz CT molecular complexity index is 545. The second-order valence-electron chi connectivity index (χ2n) is 7.41. The molecule has 8 heteroatoms. The third-order valence-electron chi connectivity index (χ3n) is 5.04. The van der Waals surface area contributed by atoms with Gasteiger partial charge >= 0.3 is 0 Å². The molecule has 6 nitrogen and oxygen atoms in total. The van der Waals surface area contributed by atoms with Crippen LogP contribution in [0.25, 0.3) is 0 Å². The van der Waals surface area contributed by atoms with Gasteiger partial charge in [0.15, 0.2) is 15.8 Å². The summed E-state index contributed by atoms with van der Waals surface area (Å²) < 4.78 is 28.8. The molecular formula is C16H32IN3O3S. The number of nitrogens with zero attached hydrogens (tertiary/aromatic N) is 2. The van der Waals surface area contributed by atoms with E-state index in [4.69, 9.17) is 9.73 Å². The van der Waals surface area contributed by atoms with Crippen molar-refractivity contribution in [2.45, 2.75) is 44.8 Å². The fraction of sp³-hybridized carbons (Fsp3) is 0.938. The summed E-state index contributed by atoms with van der Waals surface area (Å²) in [7, 11) is -1.29. The molecule has 1 saturated carbocycles. The quantitative estimate of drug-likeness (QED) is 0.363. The number of methoxy groups -OCH3 is 1. The molecule has 0 unspecified atom stereocenters. The smallest absolute Gasteiger partial charge is 0.194 e. The average Bonchev–Trinajstić information content (AvgIpc) is 3.25. The third-order valence-corrected chi connectivity index (χ3v) is 7.57. The van der Waals surface area contributed by atoms with E-state index in [2.05, 4.69) is 10.2 Å². The molecule has 1 saturated heterocycles. The van der Waals surface area contributed by atoms with Crippen LogP contribution in [-0.2, 0) is 14.6 Å². The molecule has 0 bridgehead atoms. The summed E-state index contributed by atoms with van der Waals surface area (Å²) in [5.74, 6) is 1.04. The first-order valence-electron chi connectivity index (χ1n) is 8.50. The molecule has 1 N–H and O–H groups in total. The Kier molecular flexibility index (Phi) is 7.80. The van der Waals surface area contributed by atoms with Crippen molar-refractivity contribution in [2.75, 3.05) is 45.6 Å². The highest BCUT2D eigenvalue weighted by molar-refractivity contribution is 14.0. The maximum absolute atomic E-state index is 12.2. The number of ether oxygens (including phenoxy) is 1. The van der Waals surface area contributed by atoms with Crippen LogP contribution in [0.2, 0.25) is 0 Å². The molecule has 0 aromatic rings. The molecule has 1 aliphatic heterocycles. The van der Waals surface area contributed by atoms with Crippen LogP contribution in [0.5, 0.6) is 0 Å². The van der Waals surface area contributed by atoms with E-state index in [9.17, 15) is 8.42 Å². The van der Waals surface area contributed by atoms with Crippen molar-refractivity contribution in [3.05, 3.63) is 0 Å². The molecule has 2 rings (SSSR count). The summed E-state index contributed by atoms with van der Waals surface area (Å²) in [4.78, 5) is 6.91. The Hall–Kier alpha value is -0.0900. The highest BCUT2D eigenvalue weighted by Gasteiger charge is 2.43. The average molecular weight is 473 g/mol. The topological polar surface area (TPSA) is 71.0 Å². The number of rotatable bonds is 6. The Balaban J connectivity index is 0.00000288. The predicted molar refractivity (Wildman–Crippen MR) is 109 cm³/mol. The maximum Gasteiger partial charge on any atom is 0.194 e. The van der Waals surface area contributed by atoms with E-state index < -0.39 is 14.6 Å². The van der Waals surface area contributed by atoms with Crippen LogP contribution < -0.4 is 5.32 Å². The lowest BCUT2D eigenvalue weighted by atomic mass is 10.0. The zero-order valence-electron chi connectivity index (χ0n) is 15.3. The summed E-state index contributed by atoms with van der Waals surface area (Å²) >= 11 is 0. The molecule has 0 atom stereocenters. The van der Waals surface area contributed by atoms with Gasteiger partial charge in [0.1, 0.15) is 0 Å². The van der Waals surface area contributed by atoms with E-state index in [1.807, 2.05) is 6.92 Å². The minimum absolute atomic E-state index is 0. The lowest BCUT2D eigenvalue weighted by Crippen LogP contribution is -2.57. The molecule has 0 spiro atoms. The van der Waals surface area contributed by atoms with Gasteiger partial charge in [0, 0.05) is 39.9 Å². The number of nitrogens with one attached hydrogen (secondary N) is 1. The molecule has 2 aliphatic rings. The van der Waals surface area contributed by atoms with Crippen molar-refractivity contribution in [3.8, 4) is 0 Å². The van der Waals surface area contributed by atoms with Gasteiger partial charge in [-0.05, 0) is 45.4 Å². The van der Waals surface area contributed by atoms with Crippen LogP contribution in [0, 0.1) is 5.41 Å². The molecule has 0 radical (unpaired) electrons. The highest BCUT2D eigenvalue weighted by Crippen LogP contribution is 2.49. The number of halogens is 1. The molecule has 1 aliphatic carbocycles. The molecule has 24 heavy (non-hydrogen) atoms. The second-order valence-corrected chi connectivity index (χ2v) is 10.2. The van der Waals surface area contributed by atoms with Crippen molar-refractivity contribution in [2.24, 2.45) is 10.4 Å². The SMILES string of the molecule is CCNC(=NCC1(CCOC)CC1)N1CCS(=O)(=O)C(C)(C)C1.I. The van der Waals surface area contributed by atoms with E-state index >= 15 is 0 Å². The Morgan fingerprint density at radius 1 is 1.33 bits per heavy atom. The Labute approximate surface area is 163 Å². The molecule has 0 aromatic carbocycles. The lowest BCUT2D eigenvalue weighted by Gasteiger charge is -2.39. The second kappa shape index (κ2) is 8.53. The zero-order valence-corrected chi connectivity index (χ0v) is 18.4. The summed E-state index contributed by atoms with van der Waals surface area (Å²) in [5, 5.41) is 3.32. The predicted octanol–water partition coefficient (Wildman–Crippen LogP) is 1.90. The summed E-state index contributed by atoms with van der Waals surface area (Å²) in [6.07, 6.45) is 3.46. The van der Waals surface area contributed by atoms with Crippen molar-refractivity contribution in [1.82, 2.24) is 10.2 Å². The van der Waals surface area contributed by atoms with Crippen molar-refractivity contribution in [1.29, 1.82) is 0 Å². The lowest BCUT2D eigenvalue weighted by molar-refractivity contribution is 0.174. The van der Waals surface area contributed by atoms with E-state index in [-0.39, 0.29) is 29.7 Å². The van der Waals surface area contributed by atoms with E-state index in [1.54, 1.807) is 21.0 Å². The van der Waals surface area contributed by atoms with Crippen molar-refractivity contribution >= 4 is 39.8 Å². The van der Waals surface area contributed by atoms with Crippen LogP contribution in [0.15, 0.2) is 4.99 Å². The summed E-state index contributed by atoms with van der Waals surface area (Å²) in [5.41, 5.74) is 0.300. The monoisotopic (exact) mass is 473 g/mol. The fourth-order valence-corrected chi connectivity index (χ4v) is 4.34. The number of hydrogen-bond donors (Lipinski definition) is 1. The van der Waals surface area contributed by atoms with E-state index in [0.717, 1.165) is 32.1 Å². The maximum atomic E-state index is 12.2. The minimum atomic E-state index is -3.03. The van der Waals surface area contributed by atoms with Crippen LogP contribution >= 0.6 is 24.0 Å². The van der Waals surface area contributed by atoms with E-state index in [0.29, 0.717) is 18.5 Å². The van der Waals surface area contributed by atoms with Gasteiger partial charge in [-0.3, -0.25) is 4.99 Å². The number of sulfone groups is 1. The normalized spacial score (nSPS) is 24.2. The van der Waals surface area contributed by atoms with Crippen molar-refractivity contribution < 1.29 is 13.2 Å².